The van der Waals surface area contributed by atoms with Crippen molar-refractivity contribution in [3.63, 3.8) is 0 Å². The maximum absolute atomic E-state index is 11.3. The summed E-state index contributed by atoms with van der Waals surface area (Å²) >= 11 is 0. The molecule has 3 heteroatoms. The van der Waals surface area contributed by atoms with Gasteiger partial charge in [0, 0.05) is 12.1 Å². The lowest BCUT2D eigenvalue weighted by Crippen LogP contribution is -2.27. The number of allylic oxidation sites excluding steroid dienone is 4. The summed E-state index contributed by atoms with van der Waals surface area (Å²) in [5, 5.41) is 11.1. The second-order valence-electron chi connectivity index (χ2n) is 2.66. The third-order valence-corrected chi connectivity index (χ3v) is 1.66. The zero-order chi connectivity index (χ0) is 9.52. The molecule has 2 N–H and O–H groups in total. The molecule has 70 valence electrons. The van der Waals surface area contributed by atoms with Crippen LogP contribution in [0.2, 0.25) is 0 Å². The highest BCUT2D eigenvalue weighted by Gasteiger charge is 2.04. The lowest BCUT2D eigenvalue weighted by Gasteiger charge is -2.02. The Balaban J connectivity index is 2.51. The molecule has 0 heterocycles. The van der Waals surface area contributed by atoms with Crippen LogP contribution < -0.4 is 5.32 Å². The molecule has 0 aliphatic heterocycles. The first-order valence-electron chi connectivity index (χ1n) is 4.27. The Morgan fingerprint density at radius 3 is 3.15 bits per heavy atom. The van der Waals surface area contributed by atoms with Gasteiger partial charge in [-0.1, -0.05) is 24.3 Å². The molecular formula is C10H13NO2. The van der Waals surface area contributed by atoms with Gasteiger partial charge in [-0.3, -0.25) is 4.79 Å². The topological polar surface area (TPSA) is 49.3 Å². The zero-order valence-corrected chi connectivity index (χ0v) is 7.36. The molecular weight excluding hydrogens is 166 g/mol. The molecule has 1 rings (SSSR count). The number of aliphatic hydroxyl groups is 1. The standard InChI is InChI=1S/C10H13NO2/c12-8-7-11-10(13)9-5-3-1-2-4-6-9/h1-3,5-6,12H,4,7-8H2,(H,11,13). The lowest BCUT2D eigenvalue weighted by molar-refractivity contribution is -0.117. The number of amides is 1. The molecule has 0 fully saturated rings. The number of aliphatic hydroxyl groups excluding tert-OH is 1. The molecule has 0 spiro atoms. The van der Waals surface area contributed by atoms with Gasteiger partial charge in [0.15, 0.2) is 0 Å². The van der Waals surface area contributed by atoms with E-state index < -0.39 is 0 Å². The molecule has 1 amide bonds. The minimum absolute atomic E-state index is 0.0268. The van der Waals surface area contributed by atoms with Crippen molar-refractivity contribution in [2.24, 2.45) is 0 Å². The minimum Gasteiger partial charge on any atom is -0.395 e. The molecule has 0 saturated heterocycles. The molecule has 0 unspecified atom stereocenters. The number of rotatable bonds is 3. The quantitative estimate of drug-likeness (QED) is 0.664. The van der Waals surface area contributed by atoms with E-state index in [1.807, 2.05) is 24.3 Å². The van der Waals surface area contributed by atoms with Gasteiger partial charge in [0.25, 0.3) is 5.91 Å². The van der Waals surface area contributed by atoms with E-state index in [1.165, 1.54) is 0 Å². The Morgan fingerprint density at radius 1 is 1.54 bits per heavy atom. The Morgan fingerprint density at radius 2 is 2.38 bits per heavy atom. The van der Waals surface area contributed by atoms with E-state index in [-0.39, 0.29) is 12.5 Å². The van der Waals surface area contributed by atoms with Crippen molar-refractivity contribution in [2.75, 3.05) is 13.2 Å². The first kappa shape index (κ1) is 9.74. The molecule has 1 aliphatic rings. The second kappa shape index (κ2) is 5.32. The molecule has 13 heavy (non-hydrogen) atoms. The predicted molar refractivity (Wildman–Crippen MR) is 51.1 cm³/mol. The summed E-state index contributed by atoms with van der Waals surface area (Å²) in [6, 6.07) is 0. The van der Waals surface area contributed by atoms with Crippen molar-refractivity contribution in [1.29, 1.82) is 0 Å². The van der Waals surface area contributed by atoms with Gasteiger partial charge in [-0.2, -0.15) is 0 Å². The SMILES string of the molecule is O=C(NCCO)C1=CCC=CC=C1. The summed E-state index contributed by atoms with van der Waals surface area (Å²) < 4.78 is 0. The number of carbonyl (C=O) groups is 1. The van der Waals surface area contributed by atoms with Gasteiger partial charge in [0.2, 0.25) is 0 Å². The van der Waals surface area contributed by atoms with Crippen molar-refractivity contribution in [1.82, 2.24) is 5.32 Å². The molecule has 1 aliphatic carbocycles. The minimum atomic E-state index is -0.131. The zero-order valence-electron chi connectivity index (χ0n) is 7.36. The summed E-state index contributed by atoms with van der Waals surface area (Å²) in [6.07, 6.45) is 10.1. The number of nitrogens with one attached hydrogen (secondary N) is 1. The van der Waals surface area contributed by atoms with Gasteiger partial charge in [-0.05, 0) is 12.5 Å². The number of hydrogen-bond acceptors (Lipinski definition) is 2. The maximum Gasteiger partial charge on any atom is 0.251 e. The van der Waals surface area contributed by atoms with Crippen LogP contribution in [0.1, 0.15) is 6.42 Å². The fourth-order valence-corrected chi connectivity index (χ4v) is 1.02. The Labute approximate surface area is 77.5 Å². The highest BCUT2D eigenvalue weighted by Crippen LogP contribution is 2.04. The van der Waals surface area contributed by atoms with E-state index in [0.29, 0.717) is 12.1 Å². The van der Waals surface area contributed by atoms with Crippen LogP contribution in [0.5, 0.6) is 0 Å². The average Bonchev–Trinajstić information content (AvgIpc) is 2.42. The molecule has 0 radical (unpaired) electrons. The van der Waals surface area contributed by atoms with Gasteiger partial charge in [0.05, 0.1) is 6.61 Å². The van der Waals surface area contributed by atoms with Crippen LogP contribution in [0.15, 0.2) is 36.0 Å². The van der Waals surface area contributed by atoms with Gasteiger partial charge in [-0.15, -0.1) is 0 Å². The lowest BCUT2D eigenvalue weighted by atomic mass is 10.2. The number of carbonyl (C=O) groups excluding carboxylic acids is 1. The van der Waals surface area contributed by atoms with Crippen molar-refractivity contribution in [2.45, 2.75) is 6.42 Å². The number of hydrogen-bond donors (Lipinski definition) is 2. The third kappa shape index (κ3) is 3.25. The van der Waals surface area contributed by atoms with E-state index in [0.717, 1.165) is 6.42 Å². The molecule has 0 aromatic carbocycles. The third-order valence-electron chi connectivity index (χ3n) is 1.66. The average molecular weight is 179 g/mol. The monoisotopic (exact) mass is 179 g/mol. The molecule has 0 bridgehead atoms. The Bertz CT molecular complexity index is 264. The fourth-order valence-electron chi connectivity index (χ4n) is 1.02. The normalized spacial score (nSPS) is 15.0. The summed E-state index contributed by atoms with van der Waals surface area (Å²) in [5.74, 6) is -0.131. The molecule has 0 saturated carbocycles. The highest BCUT2D eigenvalue weighted by molar-refractivity contribution is 5.96. The first-order chi connectivity index (χ1) is 6.34. The van der Waals surface area contributed by atoms with Crippen LogP contribution in [0.3, 0.4) is 0 Å². The van der Waals surface area contributed by atoms with Gasteiger partial charge < -0.3 is 10.4 Å². The first-order valence-corrected chi connectivity index (χ1v) is 4.27. The summed E-state index contributed by atoms with van der Waals surface area (Å²) in [7, 11) is 0. The van der Waals surface area contributed by atoms with Crippen molar-refractivity contribution in [3.05, 3.63) is 36.0 Å². The summed E-state index contributed by atoms with van der Waals surface area (Å²) in [5.41, 5.74) is 0.651. The van der Waals surface area contributed by atoms with Gasteiger partial charge in [-0.25, -0.2) is 0 Å². The van der Waals surface area contributed by atoms with E-state index in [2.05, 4.69) is 5.32 Å². The Hall–Kier alpha value is -1.35. The maximum atomic E-state index is 11.3. The van der Waals surface area contributed by atoms with Crippen LogP contribution in [-0.2, 0) is 4.79 Å². The fraction of sp³-hybridized carbons (Fsp3) is 0.300. The highest BCUT2D eigenvalue weighted by atomic mass is 16.3. The van der Waals surface area contributed by atoms with Crippen LogP contribution in [-0.4, -0.2) is 24.2 Å². The van der Waals surface area contributed by atoms with E-state index >= 15 is 0 Å². The molecule has 3 nitrogen and oxygen atoms in total. The van der Waals surface area contributed by atoms with Crippen molar-refractivity contribution in [3.8, 4) is 0 Å². The predicted octanol–water partition coefficient (Wildman–Crippen LogP) is 0.537. The molecule has 0 aromatic heterocycles. The summed E-state index contributed by atoms with van der Waals surface area (Å²) in [6.45, 7) is 0.276. The summed E-state index contributed by atoms with van der Waals surface area (Å²) in [4.78, 5) is 11.3. The van der Waals surface area contributed by atoms with Crippen LogP contribution in [0, 0.1) is 0 Å². The smallest absolute Gasteiger partial charge is 0.251 e. The molecule has 0 aromatic rings. The Kier molecular flexibility index (Phi) is 3.99. The van der Waals surface area contributed by atoms with Crippen LogP contribution >= 0.6 is 0 Å². The van der Waals surface area contributed by atoms with E-state index in [4.69, 9.17) is 5.11 Å². The van der Waals surface area contributed by atoms with Gasteiger partial charge in [0.1, 0.15) is 0 Å². The van der Waals surface area contributed by atoms with E-state index in [1.54, 1.807) is 6.08 Å². The van der Waals surface area contributed by atoms with Gasteiger partial charge >= 0.3 is 0 Å². The van der Waals surface area contributed by atoms with Crippen molar-refractivity contribution >= 4 is 5.91 Å². The van der Waals surface area contributed by atoms with Crippen molar-refractivity contribution < 1.29 is 9.90 Å². The largest absolute Gasteiger partial charge is 0.395 e. The second-order valence-corrected chi connectivity index (χ2v) is 2.66. The van der Waals surface area contributed by atoms with Crippen LogP contribution in [0.25, 0.3) is 0 Å². The van der Waals surface area contributed by atoms with E-state index in [9.17, 15) is 4.79 Å². The molecule has 0 atom stereocenters. The van der Waals surface area contributed by atoms with Crippen LogP contribution in [0.4, 0.5) is 0 Å².